The van der Waals surface area contributed by atoms with Crippen LogP contribution in [0.15, 0.2) is 124 Å². The summed E-state index contributed by atoms with van der Waals surface area (Å²) in [6.07, 6.45) is 11.3. The van der Waals surface area contributed by atoms with Crippen molar-refractivity contribution in [3.63, 3.8) is 0 Å². The van der Waals surface area contributed by atoms with Crippen LogP contribution < -0.4 is 0 Å². The zero-order valence-electron chi connectivity index (χ0n) is 27.4. The molecular weight excluding hydrogens is 581 g/mol. The molecule has 44 heavy (non-hydrogen) atoms. The fraction of sp³-hybridized carbons (Fsp3) is 0.385. The number of hydrogen-bond donors (Lipinski definition) is 3. The van der Waals surface area contributed by atoms with Gasteiger partial charge in [0.25, 0.3) is 0 Å². The number of rotatable bonds is 12. The van der Waals surface area contributed by atoms with Crippen molar-refractivity contribution in [3.05, 3.63) is 130 Å². The highest BCUT2D eigenvalue weighted by Gasteiger charge is 2.50. The van der Waals surface area contributed by atoms with Gasteiger partial charge in [-0.1, -0.05) is 131 Å². The average molecular weight is 631 g/mol. The SMILES string of the molecule is C=C/C=C(/SC/C=C(\C)C(C1=C/C(C)(O)C(O)(C(C)C)C(=C)S\C(C)=C\1)c1ccc(-c2ccccc2)cc1)C(C)(O)CCC. The highest BCUT2D eigenvalue weighted by molar-refractivity contribution is 8.06. The Labute approximate surface area is 274 Å². The first kappa shape index (κ1) is 35.9. The van der Waals surface area contributed by atoms with Crippen molar-refractivity contribution in [2.45, 2.75) is 84.0 Å². The van der Waals surface area contributed by atoms with Crippen LogP contribution in [0.3, 0.4) is 0 Å². The van der Waals surface area contributed by atoms with Gasteiger partial charge in [0.05, 0.1) is 5.60 Å². The second-order valence-corrected chi connectivity index (χ2v) is 14.9. The molecule has 1 aliphatic rings. The van der Waals surface area contributed by atoms with E-state index < -0.39 is 16.8 Å². The molecule has 1 aliphatic heterocycles. The molecule has 0 bridgehead atoms. The molecule has 0 saturated carbocycles. The van der Waals surface area contributed by atoms with Crippen LogP contribution >= 0.6 is 23.5 Å². The second-order valence-electron chi connectivity index (χ2n) is 12.5. The smallest absolute Gasteiger partial charge is 0.129 e. The van der Waals surface area contributed by atoms with E-state index >= 15 is 0 Å². The summed E-state index contributed by atoms with van der Waals surface area (Å²) in [6.45, 7) is 21.6. The molecule has 236 valence electrons. The predicted octanol–water partition coefficient (Wildman–Crippen LogP) is 9.97. The predicted molar refractivity (Wildman–Crippen MR) is 194 cm³/mol. The molecule has 1 heterocycles. The van der Waals surface area contributed by atoms with E-state index in [0.29, 0.717) is 17.1 Å². The summed E-state index contributed by atoms with van der Waals surface area (Å²) in [6, 6.07) is 18.9. The van der Waals surface area contributed by atoms with E-state index in [1.807, 2.05) is 58.0 Å². The summed E-state index contributed by atoms with van der Waals surface area (Å²) < 4.78 is 0. The monoisotopic (exact) mass is 630 g/mol. The Balaban J connectivity index is 2.13. The molecular formula is C39H50O3S2. The fourth-order valence-electron chi connectivity index (χ4n) is 6.07. The molecule has 0 radical (unpaired) electrons. The molecule has 3 N–H and O–H groups in total. The summed E-state index contributed by atoms with van der Waals surface area (Å²) in [7, 11) is 0. The minimum atomic E-state index is -1.56. The van der Waals surface area contributed by atoms with Crippen molar-refractivity contribution < 1.29 is 15.3 Å². The summed E-state index contributed by atoms with van der Waals surface area (Å²) in [5.74, 6) is 0.231. The zero-order chi connectivity index (χ0) is 32.7. The van der Waals surface area contributed by atoms with E-state index in [1.54, 1.807) is 24.8 Å². The van der Waals surface area contributed by atoms with Gasteiger partial charge in [0, 0.05) is 21.5 Å². The lowest BCUT2D eigenvalue weighted by atomic mass is 9.73. The van der Waals surface area contributed by atoms with E-state index in [1.165, 1.54) is 11.8 Å². The first-order valence-electron chi connectivity index (χ1n) is 15.4. The van der Waals surface area contributed by atoms with E-state index in [4.69, 9.17) is 0 Å². The summed E-state index contributed by atoms with van der Waals surface area (Å²) in [5.41, 5.74) is 1.40. The maximum Gasteiger partial charge on any atom is 0.129 e. The van der Waals surface area contributed by atoms with E-state index in [0.717, 1.165) is 44.1 Å². The quantitative estimate of drug-likeness (QED) is 0.161. The van der Waals surface area contributed by atoms with Gasteiger partial charge in [-0.15, -0.1) is 11.8 Å². The highest BCUT2D eigenvalue weighted by atomic mass is 32.2. The van der Waals surface area contributed by atoms with Crippen LogP contribution in [0.1, 0.15) is 72.8 Å². The van der Waals surface area contributed by atoms with Crippen LogP contribution in [-0.2, 0) is 0 Å². The van der Waals surface area contributed by atoms with Gasteiger partial charge in [-0.05, 0) is 79.4 Å². The van der Waals surface area contributed by atoms with E-state index in [9.17, 15) is 15.3 Å². The van der Waals surface area contributed by atoms with Crippen LogP contribution in [0, 0.1) is 5.92 Å². The molecule has 3 nitrogen and oxygen atoms in total. The summed E-state index contributed by atoms with van der Waals surface area (Å²) >= 11 is 3.04. The third-order valence-corrected chi connectivity index (χ3v) is 10.7. The van der Waals surface area contributed by atoms with Gasteiger partial charge in [-0.25, -0.2) is 0 Å². The first-order chi connectivity index (χ1) is 20.7. The Morgan fingerprint density at radius 2 is 1.68 bits per heavy atom. The molecule has 4 atom stereocenters. The Morgan fingerprint density at radius 3 is 2.25 bits per heavy atom. The molecule has 0 spiro atoms. The van der Waals surface area contributed by atoms with Crippen molar-refractivity contribution >= 4 is 23.5 Å². The van der Waals surface area contributed by atoms with Crippen molar-refractivity contribution in [2.75, 3.05) is 5.75 Å². The number of thioether (sulfide) groups is 2. The van der Waals surface area contributed by atoms with Gasteiger partial charge in [-0.3, -0.25) is 0 Å². The fourth-order valence-corrected chi connectivity index (χ4v) is 8.38. The largest absolute Gasteiger partial charge is 0.385 e. The molecule has 0 saturated heterocycles. The van der Waals surface area contributed by atoms with Crippen LogP contribution in [-0.4, -0.2) is 37.9 Å². The van der Waals surface area contributed by atoms with Gasteiger partial charge in [0.1, 0.15) is 11.2 Å². The second kappa shape index (κ2) is 15.2. The molecule has 2 aromatic rings. The maximum atomic E-state index is 11.9. The van der Waals surface area contributed by atoms with Crippen LogP contribution in [0.25, 0.3) is 11.1 Å². The molecule has 0 amide bonds. The standard InChI is InChI=1S/C39H50O3S2/c1-10-15-35(37(8,40)23-11-2)43-24-22-28(5)36(33-20-18-32(19-21-33)31-16-13-12-14-17-31)34-25-29(6)44-30(7)39(42,27(3)4)38(9,41)26-34/h10,12-22,25-27,36,40-42H,1,7,11,23-24H2,2-6,8-9H3/b28-22+,29-25+,34-26+,35-15+. The molecule has 4 unspecified atom stereocenters. The van der Waals surface area contributed by atoms with Crippen LogP contribution in [0.2, 0.25) is 0 Å². The number of aliphatic hydroxyl groups is 3. The minimum Gasteiger partial charge on any atom is -0.385 e. The van der Waals surface area contributed by atoms with Gasteiger partial charge in [-0.2, -0.15) is 0 Å². The lowest BCUT2D eigenvalue weighted by Crippen LogP contribution is -2.55. The molecule has 0 aliphatic carbocycles. The van der Waals surface area contributed by atoms with Crippen LogP contribution in [0.4, 0.5) is 0 Å². The van der Waals surface area contributed by atoms with Crippen molar-refractivity contribution in [3.8, 4) is 11.1 Å². The first-order valence-corrected chi connectivity index (χ1v) is 17.2. The minimum absolute atomic E-state index is 0.173. The average Bonchev–Trinajstić information content (AvgIpc) is 2.96. The van der Waals surface area contributed by atoms with E-state index in [-0.39, 0.29) is 11.8 Å². The van der Waals surface area contributed by atoms with Gasteiger partial charge in [0.15, 0.2) is 0 Å². The third kappa shape index (κ3) is 8.18. The zero-order valence-corrected chi connectivity index (χ0v) is 29.1. The Hall–Kier alpha value is -2.54. The Kier molecular flexibility index (Phi) is 12.4. The van der Waals surface area contributed by atoms with Crippen molar-refractivity contribution in [2.24, 2.45) is 5.92 Å². The maximum absolute atomic E-state index is 11.9. The lowest BCUT2D eigenvalue weighted by molar-refractivity contribution is -0.110. The van der Waals surface area contributed by atoms with Gasteiger partial charge >= 0.3 is 0 Å². The molecule has 5 heteroatoms. The topological polar surface area (TPSA) is 60.7 Å². The number of allylic oxidation sites excluding steroid dienone is 6. The Morgan fingerprint density at radius 1 is 1.07 bits per heavy atom. The van der Waals surface area contributed by atoms with Crippen LogP contribution in [0.5, 0.6) is 0 Å². The highest BCUT2D eigenvalue weighted by Crippen LogP contribution is 2.48. The Bertz CT molecular complexity index is 1430. The third-order valence-electron chi connectivity index (χ3n) is 8.45. The van der Waals surface area contributed by atoms with Crippen molar-refractivity contribution in [1.29, 1.82) is 0 Å². The lowest BCUT2D eigenvalue weighted by Gasteiger charge is -2.45. The normalized spacial score (nSPS) is 26.1. The van der Waals surface area contributed by atoms with Crippen molar-refractivity contribution in [1.82, 2.24) is 0 Å². The number of hydrogen-bond acceptors (Lipinski definition) is 5. The van der Waals surface area contributed by atoms with E-state index in [2.05, 4.69) is 75.6 Å². The molecule has 3 rings (SSSR count). The number of benzene rings is 2. The van der Waals surface area contributed by atoms with Gasteiger partial charge in [0.2, 0.25) is 0 Å². The summed E-state index contributed by atoms with van der Waals surface area (Å²) in [5, 5.41) is 34.9. The summed E-state index contributed by atoms with van der Waals surface area (Å²) in [4.78, 5) is 2.42. The molecule has 0 fully saturated rings. The van der Waals surface area contributed by atoms with Gasteiger partial charge < -0.3 is 15.3 Å². The molecule has 0 aromatic heterocycles. The molecule has 2 aromatic carbocycles.